The highest BCUT2D eigenvalue weighted by Gasteiger charge is 2.44. The summed E-state index contributed by atoms with van der Waals surface area (Å²) in [5, 5.41) is 2.60. The Kier molecular flexibility index (Phi) is 6.13. The molecular weight excluding hydrogens is 427 g/mol. The van der Waals surface area contributed by atoms with Crippen molar-refractivity contribution in [2.75, 3.05) is 26.2 Å². The number of ether oxygens (including phenoxy) is 1. The number of carbonyl (C=O) groups excluding carboxylic acids is 3. The Morgan fingerprint density at radius 1 is 1.03 bits per heavy atom. The summed E-state index contributed by atoms with van der Waals surface area (Å²) < 4.78 is 46.2. The van der Waals surface area contributed by atoms with Crippen LogP contribution < -0.4 is 5.32 Å². The van der Waals surface area contributed by atoms with Crippen LogP contribution >= 0.6 is 0 Å². The summed E-state index contributed by atoms with van der Waals surface area (Å²) in [5.74, 6) is -5.64. The van der Waals surface area contributed by atoms with Crippen LogP contribution in [0.15, 0.2) is 42.5 Å². The van der Waals surface area contributed by atoms with Crippen LogP contribution in [-0.2, 0) is 20.9 Å². The fourth-order valence-electron chi connectivity index (χ4n) is 3.82. The number of benzene rings is 2. The van der Waals surface area contributed by atoms with Crippen molar-refractivity contribution in [3.63, 3.8) is 0 Å². The number of hydrogen-bond donors (Lipinski definition) is 1. The lowest BCUT2D eigenvalue weighted by Gasteiger charge is -2.45. The summed E-state index contributed by atoms with van der Waals surface area (Å²) in [7, 11) is 0. The first-order chi connectivity index (χ1) is 15.3. The number of piperazine rings is 2. The van der Waals surface area contributed by atoms with E-state index in [-0.39, 0.29) is 38.8 Å². The molecule has 0 aromatic heterocycles. The van der Waals surface area contributed by atoms with Crippen molar-refractivity contribution in [2.24, 2.45) is 0 Å². The molecule has 2 fully saturated rings. The van der Waals surface area contributed by atoms with Crippen molar-refractivity contribution < 1.29 is 32.3 Å². The van der Waals surface area contributed by atoms with Gasteiger partial charge in [0.05, 0.1) is 25.3 Å². The van der Waals surface area contributed by atoms with Gasteiger partial charge in [0.15, 0.2) is 11.6 Å². The van der Waals surface area contributed by atoms with Crippen molar-refractivity contribution >= 4 is 17.7 Å². The minimum absolute atomic E-state index is 0.00853. The third-order valence-corrected chi connectivity index (χ3v) is 5.50. The Balaban J connectivity index is 1.39. The van der Waals surface area contributed by atoms with Crippen molar-refractivity contribution in [1.82, 2.24) is 15.1 Å². The van der Waals surface area contributed by atoms with E-state index in [0.717, 1.165) is 10.5 Å². The van der Waals surface area contributed by atoms with E-state index in [1.54, 1.807) is 0 Å². The molecule has 2 atom stereocenters. The lowest BCUT2D eigenvalue weighted by Crippen LogP contribution is -2.70. The summed E-state index contributed by atoms with van der Waals surface area (Å²) in [6.45, 7) is 0.150. The van der Waals surface area contributed by atoms with Crippen molar-refractivity contribution in [3.8, 4) is 0 Å². The molecule has 32 heavy (non-hydrogen) atoms. The smallest absolute Gasteiger partial charge is 0.257 e. The molecule has 4 rings (SSSR count). The van der Waals surface area contributed by atoms with Crippen LogP contribution in [0.25, 0.3) is 0 Å². The van der Waals surface area contributed by atoms with E-state index in [1.807, 2.05) is 30.3 Å². The summed E-state index contributed by atoms with van der Waals surface area (Å²) in [6.07, 6.45) is 0. The molecule has 2 aromatic carbocycles. The van der Waals surface area contributed by atoms with Gasteiger partial charge in [-0.2, -0.15) is 0 Å². The Morgan fingerprint density at radius 2 is 1.75 bits per heavy atom. The second-order valence-corrected chi connectivity index (χ2v) is 7.61. The molecular formula is C22H20F3N3O4. The highest BCUT2D eigenvalue weighted by Crippen LogP contribution is 2.21. The fraction of sp³-hybridized carbons (Fsp3) is 0.318. The van der Waals surface area contributed by atoms with Crippen LogP contribution in [0.3, 0.4) is 0 Å². The zero-order valence-corrected chi connectivity index (χ0v) is 16.9. The van der Waals surface area contributed by atoms with E-state index in [1.165, 1.54) is 4.90 Å². The SMILES string of the molecule is O=C1N[C@@H](COCc2ccccc2)C(=O)N2CCN(C(=O)c3cc(F)c(F)cc3F)C[C@H]12. The van der Waals surface area contributed by atoms with Gasteiger partial charge in [0.2, 0.25) is 11.8 Å². The number of hydrogen-bond acceptors (Lipinski definition) is 4. The topological polar surface area (TPSA) is 79.0 Å². The molecule has 0 saturated carbocycles. The van der Waals surface area contributed by atoms with Gasteiger partial charge >= 0.3 is 0 Å². The third-order valence-electron chi connectivity index (χ3n) is 5.50. The van der Waals surface area contributed by atoms with Crippen LogP contribution in [0, 0.1) is 17.5 Å². The van der Waals surface area contributed by atoms with Gasteiger partial charge in [-0.15, -0.1) is 0 Å². The molecule has 2 aliphatic heterocycles. The van der Waals surface area contributed by atoms with Crippen LogP contribution in [0.2, 0.25) is 0 Å². The monoisotopic (exact) mass is 447 g/mol. The van der Waals surface area contributed by atoms with Gasteiger partial charge in [0.25, 0.3) is 5.91 Å². The predicted octanol–water partition coefficient (Wildman–Crippen LogP) is 1.47. The van der Waals surface area contributed by atoms with Crippen molar-refractivity contribution in [2.45, 2.75) is 18.7 Å². The quantitative estimate of drug-likeness (QED) is 0.705. The molecule has 7 nitrogen and oxygen atoms in total. The number of nitrogens with zero attached hydrogens (tertiary/aromatic N) is 2. The molecule has 0 aliphatic carbocycles. The lowest BCUT2D eigenvalue weighted by molar-refractivity contribution is -0.154. The van der Waals surface area contributed by atoms with Crippen LogP contribution in [-0.4, -0.2) is 65.8 Å². The molecule has 168 valence electrons. The second-order valence-electron chi connectivity index (χ2n) is 7.61. The van der Waals surface area contributed by atoms with Gasteiger partial charge < -0.3 is 19.9 Å². The Hall–Kier alpha value is -3.40. The molecule has 2 saturated heterocycles. The summed E-state index contributed by atoms with van der Waals surface area (Å²) in [6, 6.07) is 8.34. The molecule has 2 aromatic rings. The Labute approximate surface area is 181 Å². The number of fused-ring (bicyclic) bond motifs is 1. The van der Waals surface area contributed by atoms with Crippen molar-refractivity contribution in [1.29, 1.82) is 0 Å². The maximum absolute atomic E-state index is 14.0. The van der Waals surface area contributed by atoms with E-state index < -0.39 is 46.9 Å². The molecule has 0 radical (unpaired) electrons. The van der Waals surface area contributed by atoms with E-state index in [2.05, 4.69) is 5.32 Å². The maximum atomic E-state index is 14.0. The minimum Gasteiger partial charge on any atom is -0.374 e. The first kappa shape index (κ1) is 21.8. The molecule has 3 amide bonds. The number of rotatable bonds is 5. The van der Waals surface area contributed by atoms with E-state index in [0.29, 0.717) is 12.1 Å². The molecule has 1 N–H and O–H groups in total. The van der Waals surface area contributed by atoms with E-state index in [9.17, 15) is 27.6 Å². The van der Waals surface area contributed by atoms with Gasteiger partial charge in [0, 0.05) is 19.2 Å². The van der Waals surface area contributed by atoms with Gasteiger partial charge in [-0.3, -0.25) is 14.4 Å². The van der Waals surface area contributed by atoms with E-state index in [4.69, 9.17) is 4.74 Å². The largest absolute Gasteiger partial charge is 0.374 e. The number of halogens is 3. The summed E-state index contributed by atoms with van der Waals surface area (Å²) >= 11 is 0. The van der Waals surface area contributed by atoms with E-state index >= 15 is 0 Å². The normalized spacial score (nSPS) is 20.7. The standard InChI is InChI=1S/C22H20F3N3O4/c23-15-9-17(25)16(24)8-14(15)21(30)27-6-7-28-19(10-27)20(29)26-18(22(28)31)12-32-11-13-4-2-1-3-5-13/h1-5,8-9,18-19H,6-7,10-12H2,(H,26,29)/t18-,19+/m0/s1. The first-order valence-electron chi connectivity index (χ1n) is 10.0. The molecule has 0 unspecified atom stereocenters. The van der Waals surface area contributed by atoms with Gasteiger partial charge in [0.1, 0.15) is 17.9 Å². The first-order valence-corrected chi connectivity index (χ1v) is 10.0. The average molecular weight is 447 g/mol. The van der Waals surface area contributed by atoms with Gasteiger partial charge in [-0.25, -0.2) is 13.2 Å². The number of amides is 3. The van der Waals surface area contributed by atoms with Gasteiger partial charge in [-0.1, -0.05) is 30.3 Å². The number of nitrogens with one attached hydrogen (secondary N) is 1. The van der Waals surface area contributed by atoms with Crippen molar-refractivity contribution in [3.05, 3.63) is 71.0 Å². The molecule has 2 aliphatic rings. The molecule has 2 heterocycles. The van der Waals surface area contributed by atoms with Gasteiger partial charge in [-0.05, 0) is 11.6 Å². The van der Waals surface area contributed by atoms with Crippen LogP contribution in [0.5, 0.6) is 0 Å². The molecule has 0 bridgehead atoms. The average Bonchev–Trinajstić information content (AvgIpc) is 2.79. The predicted molar refractivity (Wildman–Crippen MR) is 106 cm³/mol. The Bertz CT molecular complexity index is 1050. The highest BCUT2D eigenvalue weighted by molar-refractivity contribution is 5.99. The molecule has 10 heteroatoms. The van der Waals surface area contributed by atoms with Crippen LogP contribution in [0.4, 0.5) is 13.2 Å². The maximum Gasteiger partial charge on any atom is 0.257 e. The fourth-order valence-corrected chi connectivity index (χ4v) is 3.82. The highest BCUT2D eigenvalue weighted by atomic mass is 19.2. The van der Waals surface area contributed by atoms with Crippen LogP contribution in [0.1, 0.15) is 15.9 Å². The summed E-state index contributed by atoms with van der Waals surface area (Å²) in [4.78, 5) is 40.6. The minimum atomic E-state index is -1.40. The zero-order valence-electron chi connectivity index (χ0n) is 16.9. The Morgan fingerprint density at radius 3 is 2.50 bits per heavy atom. The third kappa shape index (κ3) is 4.31. The molecule has 0 spiro atoms. The summed E-state index contributed by atoms with van der Waals surface area (Å²) in [5.41, 5.74) is 0.295. The zero-order chi connectivity index (χ0) is 22.8. The second kappa shape index (κ2) is 8.99. The lowest BCUT2D eigenvalue weighted by atomic mass is 10.0. The number of carbonyl (C=O) groups is 3.